The molecule has 0 aliphatic rings. The SMILES string of the molecule is C=CCOC[C@H](O)Cn1c(NCCC)nc2c1c(=O)[nH]c(=O)n2C. The van der Waals surface area contributed by atoms with Crippen LogP contribution in [0.25, 0.3) is 11.2 Å². The molecule has 24 heavy (non-hydrogen) atoms. The number of H-pyrrole nitrogens is 1. The zero-order valence-electron chi connectivity index (χ0n) is 13.9. The van der Waals surface area contributed by atoms with E-state index in [4.69, 9.17) is 4.74 Å². The van der Waals surface area contributed by atoms with Gasteiger partial charge in [-0.05, 0) is 6.42 Å². The summed E-state index contributed by atoms with van der Waals surface area (Å²) < 4.78 is 8.08. The van der Waals surface area contributed by atoms with Crippen LogP contribution in [-0.4, -0.2) is 50.1 Å². The second-order valence-corrected chi connectivity index (χ2v) is 5.44. The summed E-state index contributed by atoms with van der Waals surface area (Å²) in [5, 5.41) is 13.3. The molecule has 2 aromatic heterocycles. The van der Waals surface area contributed by atoms with Crippen LogP contribution in [0.5, 0.6) is 0 Å². The Bertz CT molecular complexity index is 820. The first-order chi connectivity index (χ1) is 11.5. The summed E-state index contributed by atoms with van der Waals surface area (Å²) in [7, 11) is 1.53. The van der Waals surface area contributed by atoms with E-state index in [-0.39, 0.29) is 24.3 Å². The molecule has 2 aromatic rings. The average molecular weight is 337 g/mol. The van der Waals surface area contributed by atoms with Gasteiger partial charge in [0.15, 0.2) is 11.2 Å². The van der Waals surface area contributed by atoms with Crippen molar-refractivity contribution in [3.63, 3.8) is 0 Å². The van der Waals surface area contributed by atoms with Crippen molar-refractivity contribution in [2.75, 3.05) is 25.1 Å². The molecular weight excluding hydrogens is 314 g/mol. The molecule has 0 unspecified atom stereocenters. The summed E-state index contributed by atoms with van der Waals surface area (Å²) in [4.78, 5) is 30.6. The van der Waals surface area contributed by atoms with Crippen LogP contribution in [0.4, 0.5) is 5.95 Å². The Labute approximate surface area is 138 Å². The van der Waals surface area contributed by atoms with Crippen LogP contribution in [0.15, 0.2) is 22.2 Å². The maximum absolute atomic E-state index is 12.2. The number of aromatic nitrogens is 4. The highest BCUT2D eigenvalue weighted by Crippen LogP contribution is 2.16. The minimum Gasteiger partial charge on any atom is -0.389 e. The molecule has 3 N–H and O–H groups in total. The Kier molecular flexibility index (Phi) is 5.93. The number of aliphatic hydroxyl groups is 1. The number of nitrogens with one attached hydrogen (secondary N) is 2. The zero-order valence-corrected chi connectivity index (χ0v) is 13.9. The van der Waals surface area contributed by atoms with Gasteiger partial charge in [-0.15, -0.1) is 6.58 Å². The number of aliphatic hydroxyl groups excluding tert-OH is 1. The Morgan fingerprint density at radius 1 is 1.50 bits per heavy atom. The van der Waals surface area contributed by atoms with Crippen molar-refractivity contribution >= 4 is 17.1 Å². The average Bonchev–Trinajstić information content (AvgIpc) is 2.90. The van der Waals surface area contributed by atoms with Gasteiger partial charge >= 0.3 is 5.69 Å². The Morgan fingerprint density at radius 3 is 2.92 bits per heavy atom. The number of nitrogens with zero attached hydrogens (tertiary/aromatic N) is 3. The number of rotatable bonds is 9. The fourth-order valence-electron chi connectivity index (χ4n) is 2.33. The molecule has 2 heterocycles. The highest BCUT2D eigenvalue weighted by molar-refractivity contribution is 5.74. The standard InChI is InChI=1S/C15H23N5O4/c1-4-6-16-14-17-12-11(13(22)18-15(23)19(12)3)20(14)8-10(21)9-24-7-5-2/h5,10,21H,2,4,6-9H2,1,3H3,(H,16,17)(H,18,22,23)/t10-/m1/s1. The van der Waals surface area contributed by atoms with Crippen LogP contribution >= 0.6 is 0 Å². The van der Waals surface area contributed by atoms with Crippen molar-refractivity contribution < 1.29 is 9.84 Å². The number of hydrogen-bond acceptors (Lipinski definition) is 6. The molecule has 0 radical (unpaired) electrons. The molecule has 0 saturated carbocycles. The largest absolute Gasteiger partial charge is 0.389 e. The molecule has 0 saturated heterocycles. The second kappa shape index (κ2) is 7.93. The number of aryl methyl sites for hydroxylation is 1. The summed E-state index contributed by atoms with van der Waals surface area (Å²) in [5.41, 5.74) is -0.571. The van der Waals surface area contributed by atoms with Crippen LogP contribution in [0, 0.1) is 0 Å². The van der Waals surface area contributed by atoms with Crippen molar-refractivity contribution in [2.45, 2.75) is 26.0 Å². The van der Waals surface area contributed by atoms with Gasteiger partial charge in [-0.3, -0.25) is 14.3 Å². The molecule has 0 aliphatic heterocycles. The molecule has 1 atom stereocenters. The van der Waals surface area contributed by atoms with E-state index in [9.17, 15) is 14.7 Å². The van der Waals surface area contributed by atoms with E-state index in [1.165, 1.54) is 11.6 Å². The van der Waals surface area contributed by atoms with Gasteiger partial charge in [0.2, 0.25) is 5.95 Å². The normalized spacial score (nSPS) is 12.5. The highest BCUT2D eigenvalue weighted by atomic mass is 16.5. The molecule has 0 amide bonds. The predicted molar refractivity (Wildman–Crippen MR) is 91.4 cm³/mol. The predicted octanol–water partition coefficient (Wildman–Crippen LogP) is -0.191. The lowest BCUT2D eigenvalue weighted by atomic mass is 10.3. The zero-order chi connectivity index (χ0) is 17.7. The van der Waals surface area contributed by atoms with Gasteiger partial charge < -0.3 is 19.7 Å². The van der Waals surface area contributed by atoms with Crippen LogP contribution in [0.3, 0.4) is 0 Å². The van der Waals surface area contributed by atoms with E-state index >= 15 is 0 Å². The van der Waals surface area contributed by atoms with E-state index in [0.717, 1.165) is 6.42 Å². The number of ether oxygens (including phenoxy) is 1. The van der Waals surface area contributed by atoms with Crippen molar-refractivity contribution in [3.8, 4) is 0 Å². The monoisotopic (exact) mass is 337 g/mol. The van der Waals surface area contributed by atoms with E-state index in [1.54, 1.807) is 10.6 Å². The lowest BCUT2D eigenvalue weighted by Gasteiger charge is -2.14. The van der Waals surface area contributed by atoms with Crippen molar-refractivity contribution in [2.24, 2.45) is 7.05 Å². The summed E-state index contributed by atoms with van der Waals surface area (Å²) in [6.07, 6.45) is 1.62. The first-order valence-electron chi connectivity index (χ1n) is 7.79. The smallest absolute Gasteiger partial charge is 0.329 e. The highest BCUT2D eigenvalue weighted by Gasteiger charge is 2.19. The molecule has 0 fully saturated rings. The maximum Gasteiger partial charge on any atom is 0.329 e. The van der Waals surface area contributed by atoms with Crippen LogP contribution in [0.2, 0.25) is 0 Å². The molecule has 9 nitrogen and oxygen atoms in total. The lowest BCUT2D eigenvalue weighted by Crippen LogP contribution is -2.30. The van der Waals surface area contributed by atoms with E-state index in [0.29, 0.717) is 19.1 Å². The summed E-state index contributed by atoms with van der Waals surface area (Å²) in [6.45, 7) is 6.74. The third-order valence-electron chi connectivity index (χ3n) is 3.48. The van der Waals surface area contributed by atoms with E-state index in [2.05, 4.69) is 21.9 Å². The molecule has 0 spiro atoms. The number of imidazole rings is 1. The number of anilines is 1. The Balaban J connectivity index is 2.44. The summed E-state index contributed by atoms with van der Waals surface area (Å²) >= 11 is 0. The Morgan fingerprint density at radius 2 is 2.25 bits per heavy atom. The lowest BCUT2D eigenvalue weighted by molar-refractivity contribution is 0.0405. The van der Waals surface area contributed by atoms with Crippen LogP contribution in [0.1, 0.15) is 13.3 Å². The molecule has 2 rings (SSSR count). The summed E-state index contributed by atoms with van der Waals surface area (Å²) in [6, 6.07) is 0. The van der Waals surface area contributed by atoms with Gasteiger partial charge in [-0.1, -0.05) is 13.0 Å². The van der Waals surface area contributed by atoms with Gasteiger partial charge in [-0.2, -0.15) is 4.98 Å². The van der Waals surface area contributed by atoms with Gasteiger partial charge in [0, 0.05) is 13.6 Å². The van der Waals surface area contributed by atoms with Gasteiger partial charge in [0.1, 0.15) is 0 Å². The molecule has 0 aliphatic carbocycles. The molecular formula is C15H23N5O4. The number of fused-ring (bicyclic) bond motifs is 1. The third kappa shape index (κ3) is 3.74. The Hall–Kier alpha value is -2.39. The number of hydrogen-bond donors (Lipinski definition) is 3. The molecule has 0 bridgehead atoms. The van der Waals surface area contributed by atoms with Crippen molar-refractivity contribution in [1.82, 2.24) is 19.1 Å². The van der Waals surface area contributed by atoms with Crippen molar-refractivity contribution in [3.05, 3.63) is 33.5 Å². The van der Waals surface area contributed by atoms with Gasteiger partial charge in [-0.25, -0.2) is 4.79 Å². The van der Waals surface area contributed by atoms with E-state index < -0.39 is 17.4 Å². The topological polar surface area (TPSA) is 114 Å². The maximum atomic E-state index is 12.2. The first kappa shape index (κ1) is 18.0. The minimum atomic E-state index is -0.832. The van der Waals surface area contributed by atoms with E-state index in [1.807, 2.05) is 6.92 Å². The third-order valence-corrected chi connectivity index (χ3v) is 3.48. The second-order valence-electron chi connectivity index (χ2n) is 5.44. The fourth-order valence-corrected chi connectivity index (χ4v) is 2.33. The number of aromatic amines is 1. The minimum absolute atomic E-state index is 0.0998. The molecule has 9 heteroatoms. The van der Waals surface area contributed by atoms with Gasteiger partial charge in [0.05, 0.1) is 25.9 Å². The fraction of sp³-hybridized carbons (Fsp3) is 0.533. The molecule has 0 aromatic carbocycles. The summed E-state index contributed by atoms with van der Waals surface area (Å²) in [5.74, 6) is 0.432. The van der Waals surface area contributed by atoms with Crippen molar-refractivity contribution in [1.29, 1.82) is 0 Å². The molecule has 132 valence electrons. The van der Waals surface area contributed by atoms with Gasteiger partial charge in [0.25, 0.3) is 5.56 Å². The van der Waals surface area contributed by atoms with Crippen LogP contribution < -0.4 is 16.6 Å². The first-order valence-corrected chi connectivity index (χ1v) is 7.79. The quantitative estimate of drug-likeness (QED) is 0.432. The van der Waals surface area contributed by atoms with Crippen LogP contribution in [-0.2, 0) is 18.3 Å².